The Bertz CT molecular complexity index is 394. The summed E-state index contributed by atoms with van der Waals surface area (Å²) in [5.74, 6) is 0.599. The lowest BCUT2D eigenvalue weighted by Crippen LogP contribution is -2.03. The number of hydrogen-bond acceptors (Lipinski definition) is 2. The summed E-state index contributed by atoms with van der Waals surface area (Å²) >= 11 is 0. The van der Waals surface area contributed by atoms with Crippen LogP contribution in [-0.4, -0.2) is 5.97 Å². The van der Waals surface area contributed by atoms with Crippen LogP contribution in [0.15, 0.2) is 30.9 Å². The lowest BCUT2D eigenvalue weighted by molar-refractivity contribution is -0.131. The molecule has 0 heterocycles. The summed E-state index contributed by atoms with van der Waals surface area (Å²) in [6.45, 7) is 9.33. The summed E-state index contributed by atoms with van der Waals surface area (Å²) < 4.78 is 5.12. The van der Waals surface area contributed by atoms with Gasteiger partial charge in [-0.25, -0.2) is 0 Å². The van der Waals surface area contributed by atoms with E-state index in [-0.39, 0.29) is 11.9 Å². The molecular formula is C14H18O2. The molecule has 0 spiro atoms. The molecule has 0 aromatic heterocycles. The van der Waals surface area contributed by atoms with E-state index in [0.717, 1.165) is 12.0 Å². The molecule has 0 saturated carbocycles. The van der Waals surface area contributed by atoms with Crippen LogP contribution in [0.25, 0.3) is 0 Å². The second kappa shape index (κ2) is 5.50. The number of allylic oxidation sites excluding steroid dienone is 1. The molecule has 0 N–H and O–H groups in total. The van der Waals surface area contributed by atoms with Gasteiger partial charge in [-0.05, 0) is 35.6 Å². The lowest BCUT2D eigenvalue weighted by atomic mass is 9.98. The number of benzene rings is 1. The molecule has 2 nitrogen and oxygen atoms in total. The molecule has 0 saturated heterocycles. The first-order chi connectivity index (χ1) is 7.56. The molecule has 1 aromatic rings. The van der Waals surface area contributed by atoms with Crippen LogP contribution in [0.3, 0.4) is 0 Å². The third-order valence-corrected chi connectivity index (χ3v) is 2.54. The molecular weight excluding hydrogens is 200 g/mol. The SMILES string of the molecule is C=CC(C)c1cc(CC)cc(OC(C)=O)c1. The second-order valence-electron chi connectivity index (χ2n) is 3.88. The van der Waals surface area contributed by atoms with Gasteiger partial charge in [0.25, 0.3) is 0 Å². The number of carbonyl (C=O) groups excluding carboxylic acids is 1. The van der Waals surface area contributed by atoms with Crippen molar-refractivity contribution in [3.8, 4) is 5.75 Å². The molecule has 0 aliphatic carbocycles. The molecule has 1 unspecified atom stereocenters. The summed E-state index contributed by atoms with van der Waals surface area (Å²) in [5.41, 5.74) is 2.30. The summed E-state index contributed by atoms with van der Waals surface area (Å²) in [4.78, 5) is 10.9. The Morgan fingerprint density at radius 1 is 1.50 bits per heavy atom. The monoisotopic (exact) mass is 218 g/mol. The van der Waals surface area contributed by atoms with Crippen molar-refractivity contribution in [2.45, 2.75) is 33.1 Å². The van der Waals surface area contributed by atoms with E-state index in [4.69, 9.17) is 4.74 Å². The molecule has 0 aliphatic heterocycles. The zero-order valence-electron chi connectivity index (χ0n) is 10.1. The van der Waals surface area contributed by atoms with Crippen molar-refractivity contribution in [1.29, 1.82) is 0 Å². The van der Waals surface area contributed by atoms with Gasteiger partial charge in [0, 0.05) is 6.92 Å². The first-order valence-electron chi connectivity index (χ1n) is 5.51. The van der Waals surface area contributed by atoms with Crippen LogP contribution < -0.4 is 4.74 Å². The van der Waals surface area contributed by atoms with E-state index in [2.05, 4.69) is 26.5 Å². The third-order valence-electron chi connectivity index (χ3n) is 2.54. The van der Waals surface area contributed by atoms with Gasteiger partial charge < -0.3 is 4.74 Å². The topological polar surface area (TPSA) is 26.3 Å². The van der Waals surface area contributed by atoms with Crippen molar-refractivity contribution in [3.05, 3.63) is 42.0 Å². The zero-order chi connectivity index (χ0) is 12.1. The normalized spacial score (nSPS) is 11.9. The molecule has 16 heavy (non-hydrogen) atoms. The Morgan fingerprint density at radius 3 is 2.69 bits per heavy atom. The lowest BCUT2D eigenvalue weighted by Gasteiger charge is -2.11. The summed E-state index contributed by atoms with van der Waals surface area (Å²) in [7, 11) is 0. The van der Waals surface area contributed by atoms with E-state index in [1.54, 1.807) is 0 Å². The molecule has 86 valence electrons. The largest absolute Gasteiger partial charge is 0.427 e. The van der Waals surface area contributed by atoms with E-state index >= 15 is 0 Å². The predicted molar refractivity (Wildman–Crippen MR) is 65.7 cm³/mol. The maximum absolute atomic E-state index is 10.9. The predicted octanol–water partition coefficient (Wildman–Crippen LogP) is 3.46. The molecule has 2 heteroatoms. The Kier molecular flexibility index (Phi) is 4.29. The van der Waals surface area contributed by atoms with Crippen molar-refractivity contribution in [2.75, 3.05) is 0 Å². The van der Waals surface area contributed by atoms with E-state index in [1.165, 1.54) is 12.5 Å². The van der Waals surface area contributed by atoms with Gasteiger partial charge in [-0.2, -0.15) is 0 Å². The van der Waals surface area contributed by atoms with Gasteiger partial charge in [0.15, 0.2) is 0 Å². The maximum Gasteiger partial charge on any atom is 0.308 e. The fourth-order valence-corrected chi connectivity index (χ4v) is 1.51. The average Bonchev–Trinajstić information content (AvgIpc) is 2.26. The highest BCUT2D eigenvalue weighted by Crippen LogP contribution is 2.24. The van der Waals surface area contributed by atoms with E-state index in [1.807, 2.05) is 18.2 Å². The van der Waals surface area contributed by atoms with Gasteiger partial charge in [-0.15, -0.1) is 6.58 Å². The zero-order valence-corrected chi connectivity index (χ0v) is 10.1. The Labute approximate surface area is 96.9 Å². The molecule has 0 fully saturated rings. The van der Waals surface area contributed by atoms with Crippen molar-refractivity contribution >= 4 is 5.97 Å². The first kappa shape index (κ1) is 12.5. The number of rotatable bonds is 4. The fraction of sp³-hybridized carbons (Fsp3) is 0.357. The van der Waals surface area contributed by atoms with Crippen LogP contribution >= 0.6 is 0 Å². The minimum Gasteiger partial charge on any atom is -0.427 e. The fourth-order valence-electron chi connectivity index (χ4n) is 1.51. The van der Waals surface area contributed by atoms with Gasteiger partial charge in [0.05, 0.1) is 0 Å². The van der Waals surface area contributed by atoms with Gasteiger partial charge in [-0.1, -0.05) is 26.0 Å². The molecule has 1 rings (SSSR count). The van der Waals surface area contributed by atoms with Crippen LogP contribution in [0.1, 0.15) is 37.8 Å². The van der Waals surface area contributed by atoms with Gasteiger partial charge in [0.1, 0.15) is 5.75 Å². The Balaban J connectivity index is 3.09. The van der Waals surface area contributed by atoms with Crippen LogP contribution in [-0.2, 0) is 11.2 Å². The molecule has 1 atom stereocenters. The maximum atomic E-state index is 10.9. The smallest absolute Gasteiger partial charge is 0.308 e. The quantitative estimate of drug-likeness (QED) is 0.439. The minimum atomic E-state index is -0.287. The Hall–Kier alpha value is -1.57. The van der Waals surface area contributed by atoms with Crippen LogP contribution in [0.4, 0.5) is 0 Å². The van der Waals surface area contributed by atoms with Gasteiger partial charge in [0.2, 0.25) is 0 Å². The van der Waals surface area contributed by atoms with Crippen LogP contribution in [0, 0.1) is 0 Å². The molecule has 0 radical (unpaired) electrons. The Morgan fingerprint density at radius 2 is 2.19 bits per heavy atom. The number of carbonyl (C=O) groups is 1. The number of aryl methyl sites for hydroxylation is 1. The van der Waals surface area contributed by atoms with Gasteiger partial charge >= 0.3 is 5.97 Å². The third kappa shape index (κ3) is 3.23. The highest BCUT2D eigenvalue weighted by atomic mass is 16.5. The molecule has 0 aliphatic rings. The standard InChI is InChI=1S/C14H18O2/c1-5-10(3)13-7-12(6-2)8-14(9-13)16-11(4)15/h5,7-10H,1,6H2,2-4H3. The van der Waals surface area contributed by atoms with Crippen molar-refractivity contribution in [2.24, 2.45) is 0 Å². The van der Waals surface area contributed by atoms with E-state index in [0.29, 0.717) is 5.75 Å². The summed E-state index contributed by atoms with van der Waals surface area (Å²) in [6.07, 6.45) is 2.80. The van der Waals surface area contributed by atoms with E-state index in [9.17, 15) is 4.79 Å². The van der Waals surface area contributed by atoms with Gasteiger partial charge in [-0.3, -0.25) is 4.79 Å². The first-order valence-corrected chi connectivity index (χ1v) is 5.51. The van der Waals surface area contributed by atoms with Crippen molar-refractivity contribution in [1.82, 2.24) is 0 Å². The number of ether oxygens (including phenoxy) is 1. The van der Waals surface area contributed by atoms with Crippen molar-refractivity contribution in [3.63, 3.8) is 0 Å². The molecule has 1 aromatic carbocycles. The second-order valence-corrected chi connectivity index (χ2v) is 3.88. The minimum absolute atomic E-state index is 0.265. The molecule has 0 amide bonds. The van der Waals surface area contributed by atoms with Crippen LogP contribution in [0.2, 0.25) is 0 Å². The summed E-state index contributed by atoms with van der Waals surface area (Å²) in [6, 6.07) is 5.92. The van der Waals surface area contributed by atoms with E-state index < -0.39 is 0 Å². The summed E-state index contributed by atoms with van der Waals surface area (Å²) in [5, 5.41) is 0. The highest BCUT2D eigenvalue weighted by molar-refractivity contribution is 5.69. The van der Waals surface area contributed by atoms with Crippen LogP contribution in [0.5, 0.6) is 5.75 Å². The average molecular weight is 218 g/mol. The van der Waals surface area contributed by atoms with Crippen molar-refractivity contribution < 1.29 is 9.53 Å². The molecule has 0 bridgehead atoms. The number of esters is 1. The number of hydrogen-bond donors (Lipinski definition) is 0. The highest BCUT2D eigenvalue weighted by Gasteiger charge is 2.07.